The van der Waals surface area contributed by atoms with Gasteiger partial charge in [0, 0.05) is 43.6 Å². The average molecular weight is 365 g/mol. The summed E-state index contributed by atoms with van der Waals surface area (Å²) >= 11 is 0. The van der Waals surface area contributed by atoms with Crippen molar-refractivity contribution in [2.45, 2.75) is 13.8 Å². The van der Waals surface area contributed by atoms with E-state index in [0.29, 0.717) is 0 Å². The molecule has 2 aromatic carbocycles. The summed E-state index contributed by atoms with van der Waals surface area (Å²) in [5.41, 5.74) is 4.02. The monoisotopic (exact) mass is 365 g/mol. The number of carbonyl (C=O) groups excluding carboxylic acids is 1. The van der Waals surface area contributed by atoms with Crippen molar-refractivity contribution in [1.29, 1.82) is 0 Å². The summed E-state index contributed by atoms with van der Waals surface area (Å²) in [6.07, 6.45) is 1.69. The fraction of sp³-hybridized carbons (Fsp3) is 0.318. The molecule has 0 aromatic heterocycles. The molecule has 1 aliphatic heterocycles. The van der Waals surface area contributed by atoms with Crippen LogP contribution in [0.4, 0.5) is 11.4 Å². The minimum absolute atomic E-state index is 0.0889. The molecule has 27 heavy (non-hydrogen) atoms. The first-order valence-electron chi connectivity index (χ1n) is 9.26. The molecule has 1 heterocycles. The number of anilines is 2. The minimum atomic E-state index is -0.0889. The third-order valence-corrected chi connectivity index (χ3v) is 4.95. The van der Waals surface area contributed by atoms with Gasteiger partial charge in [-0.25, -0.2) is 0 Å². The van der Waals surface area contributed by atoms with Gasteiger partial charge in [0.1, 0.15) is 5.75 Å². The highest BCUT2D eigenvalue weighted by molar-refractivity contribution is 6.00. The number of hydrogen-bond acceptors (Lipinski definition) is 4. The number of nitrogens with zero attached hydrogens (tertiary/aromatic N) is 2. The van der Waals surface area contributed by atoms with Crippen LogP contribution in [-0.2, 0) is 4.79 Å². The molecule has 0 spiro atoms. The first-order valence-corrected chi connectivity index (χ1v) is 9.26. The first kappa shape index (κ1) is 18.8. The summed E-state index contributed by atoms with van der Waals surface area (Å²) in [5, 5.41) is 2.96. The van der Waals surface area contributed by atoms with Crippen molar-refractivity contribution in [2.24, 2.45) is 0 Å². The molecule has 1 saturated heterocycles. The van der Waals surface area contributed by atoms with Crippen LogP contribution in [0.3, 0.4) is 0 Å². The van der Waals surface area contributed by atoms with Gasteiger partial charge in [-0.1, -0.05) is 30.3 Å². The standard InChI is InChI=1S/C22H27N3O2/c1-17-8-4-5-9-19(17)23-22(26)16-18(2)24-12-14-25(15-13-24)20-10-6-7-11-21(20)27-3/h4-11,16H,12-15H2,1-3H3,(H,23,26)/b18-16+. The Hall–Kier alpha value is -2.95. The largest absolute Gasteiger partial charge is 0.495 e. The van der Waals surface area contributed by atoms with Crippen molar-refractivity contribution in [1.82, 2.24) is 4.90 Å². The van der Waals surface area contributed by atoms with Crippen LogP contribution in [0.1, 0.15) is 12.5 Å². The molecule has 2 aromatic rings. The Balaban J connectivity index is 1.59. The molecule has 142 valence electrons. The second-order valence-corrected chi connectivity index (χ2v) is 6.74. The van der Waals surface area contributed by atoms with E-state index in [1.807, 2.05) is 56.3 Å². The van der Waals surface area contributed by atoms with Crippen LogP contribution < -0.4 is 15.0 Å². The molecule has 5 heteroatoms. The molecule has 1 amide bonds. The van der Waals surface area contributed by atoms with E-state index < -0.39 is 0 Å². The Labute approximate surface area is 161 Å². The Morgan fingerprint density at radius 1 is 1.04 bits per heavy atom. The van der Waals surface area contributed by atoms with E-state index >= 15 is 0 Å². The van der Waals surface area contributed by atoms with Gasteiger partial charge in [-0.3, -0.25) is 4.79 Å². The zero-order chi connectivity index (χ0) is 19.2. The molecule has 1 fully saturated rings. The fourth-order valence-corrected chi connectivity index (χ4v) is 3.35. The van der Waals surface area contributed by atoms with E-state index in [9.17, 15) is 4.79 Å². The zero-order valence-corrected chi connectivity index (χ0v) is 16.2. The molecular formula is C22H27N3O2. The lowest BCUT2D eigenvalue weighted by Crippen LogP contribution is -2.45. The van der Waals surface area contributed by atoms with Gasteiger partial charge in [-0.05, 0) is 37.6 Å². The zero-order valence-electron chi connectivity index (χ0n) is 16.2. The third kappa shape index (κ3) is 4.61. The number of rotatable bonds is 5. The number of piperazine rings is 1. The summed E-state index contributed by atoms with van der Waals surface area (Å²) in [5.74, 6) is 0.810. The molecular weight excluding hydrogens is 338 g/mol. The Kier molecular flexibility index (Phi) is 6.01. The molecule has 0 atom stereocenters. The smallest absolute Gasteiger partial charge is 0.250 e. The molecule has 3 rings (SSSR count). The Morgan fingerprint density at radius 3 is 2.41 bits per heavy atom. The maximum Gasteiger partial charge on any atom is 0.250 e. The molecule has 0 unspecified atom stereocenters. The molecule has 0 bridgehead atoms. The number of nitrogens with one attached hydrogen (secondary N) is 1. The predicted octanol–water partition coefficient (Wildman–Crippen LogP) is 3.67. The fourth-order valence-electron chi connectivity index (χ4n) is 3.35. The highest BCUT2D eigenvalue weighted by Crippen LogP contribution is 2.28. The van der Waals surface area contributed by atoms with E-state index in [4.69, 9.17) is 4.74 Å². The summed E-state index contributed by atoms with van der Waals surface area (Å²) < 4.78 is 5.47. The lowest BCUT2D eigenvalue weighted by molar-refractivity contribution is -0.112. The van der Waals surface area contributed by atoms with Crippen LogP contribution in [0.2, 0.25) is 0 Å². The summed E-state index contributed by atoms with van der Waals surface area (Å²) in [4.78, 5) is 16.9. The number of hydrogen-bond donors (Lipinski definition) is 1. The van der Waals surface area contributed by atoms with E-state index in [0.717, 1.165) is 54.6 Å². The topological polar surface area (TPSA) is 44.8 Å². The van der Waals surface area contributed by atoms with Crippen LogP contribution in [0.5, 0.6) is 5.75 Å². The van der Waals surface area contributed by atoms with E-state index in [1.54, 1.807) is 13.2 Å². The van der Waals surface area contributed by atoms with Gasteiger partial charge in [0.25, 0.3) is 0 Å². The second kappa shape index (κ2) is 8.62. The van der Waals surface area contributed by atoms with Crippen LogP contribution >= 0.6 is 0 Å². The first-order chi connectivity index (χ1) is 13.1. The van der Waals surface area contributed by atoms with Gasteiger partial charge >= 0.3 is 0 Å². The maximum atomic E-state index is 12.3. The number of amides is 1. The molecule has 5 nitrogen and oxygen atoms in total. The van der Waals surface area contributed by atoms with Crippen molar-refractivity contribution in [3.63, 3.8) is 0 Å². The van der Waals surface area contributed by atoms with Gasteiger partial charge in [0.15, 0.2) is 0 Å². The molecule has 1 aliphatic rings. The second-order valence-electron chi connectivity index (χ2n) is 6.74. The lowest BCUT2D eigenvalue weighted by atomic mass is 10.2. The maximum absolute atomic E-state index is 12.3. The molecule has 1 N–H and O–H groups in total. The van der Waals surface area contributed by atoms with Gasteiger partial charge in [0.05, 0.1) is 12.8 Å². The summed E-state index contributed by atoms with van der Waals surface area (Å²) in [6.45, 7) is 7.52. The number of carbonyl (C=O) groups is 1. The van der Waals surface area contributed by atoms with Gasteiger partial charge in [-0.2, -0.15) is 0 Å². The van der Waals surface area contributed by atoms with E-state index in [-0.39, 0.29) is 5.91 Å². The number of methoxy groups -OCH3 is 1. The van der Waals surface area contributed by atoms with Crippen molar-refractivity contribution in [3.05, 3.63) is 65.9 Å². The number of ether oxygens (including phenoxy) is 1. The average Bonchev–Trinajstić information content (AvgIpc) is 2.69. The number of para-hydroxylation sites is 3. The van der Waals surface area contributed by atoms with Crippen LogP contribution in [0.25, 0.3) is 0 Å². The van der Waals surface area contributed by atoms with Crippen molar-refractivity contribution in [3.8, 4) is 5.75 Å². The molecule has 0 radical (unpaired) electrons. The van der Waals surface area contributed by atoms with Gasteiger partial charge in [-0.15, -0.1) is 0 Å². The van der Waals surface area contributed by atoms with Gasteiger partial charge in [0.2, 0.25) is 5.91 Å². The third-order valence-electron chi connectivity index (χ3n) is 4.95. The number of allylic oxidation sites excluding steroid dienone is 1. The Bertz CT molecular complexity index is 824. The highest BCUT2D eigenvalue weighted by Gasteiger charge is 2.20. The SMILES string of the molecule is COc1ccccc1N1CCN(/C(C)=C/C(=O)Nc2ccccc2C)CC1. The van der Waals surface area contributed by atoms with Crippen molar-refractivity contribution >= 4 is 17.3 Å². The van der Waals surface area contributed by atoms with Crippen molar-refractivity contribution < 1.29 is 9.53 Å². The van der Waals surface area contributed by atoms with E-state index in [1.165, 1.54) is 0 Å². The molecule has 0 saturated carbocycles. The quantitative estimate of drug-likeness (QED) is 0.821. The number of aryl methyl sites for hydroxylation is 1. The summed E-state index contributed by atoms with van der Waals surface area (Å²) in [7, 11) is 1.70. The molecule has 0 aliphatic carbocycles. The number of benzene rings is 2. The van der Waals surface area contributed by atoms with Crippen LogP contribution in [0.15, 0.2) is 60.3 Å². The van der Waals surface area contributed by atoms with Gasteiger partial charge < -0.3 is 19.9 Å². The normalized spacial score (nSPS) is 14.9. The highest BCUT2D eigenvalue weighted by atomic mass is 16.5. The summed E-state index contributed by atoms with van der Waals surface area (Å²) in [6, 6.07) is 15.9. The lowest BCUT2D eigenvalue weighted by Gasteiger charge is -2.38. The minimum Gasteiger partial charge on any atom is -0.495 e. The van der Waals surface area contributed by atoms with E-state index in [2.05, 4.69) is 21.2 Å². The van der Waals surface area contributed by atoms with Crippen molar-refractivity contribution in [2.75, 3.05) is 43.5 Å². The van der Waals surface area contributed by atoms with Crippen LogP contribution in [0, 0.1) is 6.92 Å². The Morgan fingerprint density at radius 2 is 1.70 bits per heavy atom. The predicted molar refractivity (Wildman–Crippen MR) is 110 cm³/mol. The van der Waals surface area contributed by atoms with Crippen LogP contribution in [-0.4, -0.2) is 44.1 Å².